The minimum Gasteiger partial charge on any atom is -0.411 e. The Bertz CT molecular complexity index is 172. The Morgan fingerprint density at radius 2 is 2.18 bits per heavy atom. The molecule has 1 fully saturated rings. The third-order valence-corrected chi connectivity index (χ3v) is 3.08. The van der Waals surface area contributed by atoms with E-state index in [4.69, 9.17) is 5.21 Å². The Kier molecular flexibility index (Phi) is 2.21. The number of nitrogens with zero attached hydrogens (tertiary/aromatic N) is 1. The van der Waals surface area contributed by atoms with E-state index in [0.29, 0.717) is 11.3 Å². The van der Waals surface area contributed by atoms with E-state index in [9.17, 15) is 0 Å². The quantitative estimate of drug-likeness (QED) is 0.423. The van der Waals surface area contributed by atoms with Crippen LogP contribution in [0.4, 0.5) is 0 Å². The highest BCUT2D eigenvalue weighted by atomic mass is 16.4. The van der Waals surface area contributed by atoms with Crippen molar-refractivity contribution in [3.05, 3.63) is 0 Å². The summed E-state index contributed by atoms with van der Waals surface area (Å²) >= 11 is 0. The third-order valence-electron chi connectivity index (χ3n) is 3.08. The van der Waals surface area contributed by atoms with Crippen molar-refractivity contribution < 1.29 is 5.21 Å². The standard InChI is InChI=1S/C9H17NO/c1-7-6-8(10-11)4-5-9(7,2)3/h7,11H,4-6H2,1-3H3/t7-/m0/s1. The maximum Gasteiger partial charge on any atom is 0.0573 e. The van der Waals surface area contributed by atoms with Gasteiger partial charge in [-0.05, 0) is 30.6 Å². The van der Waals surface area contributed by atoms with Crippen LogP contribution in [0.3, 0.4) is 0 Å². The summed E-state index contributed by atoms with van der Waals surface area (Å²) in [6.45, 7) is 6.79. The summed E-state index contributed by atoms with van der Waals surface area (Å²) in [6.07, 6.45) is 3.07. The molecule has 1 aliphatic rings. The average Bonchev–Trinajstić information content (AvgIpc) is 1.95. The summed E-state index contributed by atoms with van der Waals surface area (Å²) < 4.78 is 0. The monoisotopic (exact) mass is 155 g/mol. The van der Waals surface area contributed by atoms with Gasteiger partial charge in [-0.2, -0.15) is 0 Å². The Hall–Kier alpha value is -0.530. The molecule has 0 aromatic rings. The van der Waals surface area contributed by atoms with Crippen molar-refractivity contribution >= 4 is 5.71 Å². The fraction of sp³-hybridized carbons (Fsp3) is 0.889. The van der Waals surface area contributed by atoms with Gasteiger partial charge < -0.3 is 5.21 Å². The maximum atomic E-state index is 8.57. The van der Waals surface area contributed by atoms with E-state index in [1.54, 1.807) is 0 Å². The normalized spacial score (nSPS) is 34.1. The molecule has 0 spiro atoms. The van der Waals surface area contributed by atoms with Gasteiger partial charge in [0.25, 0.3) is 0 Å². The third kappa shape index (κ3) is 1.73. The molecule has 2 heteroatoms. The predicted molar refractivity (Wildman–Crippen MR) is 46.0 cm³/mol. The fourth-order valence-corrected chi connectivity index (χ4v) is 1.54. The van der Waals surface area contributed by atoms with Crippen LogP contribution in [0.2, 0.25) is 0 Å². The van der Waals surface area contributed by atoms with Gasteiger partial charge in [0.05, 0.1) is 5.71 Å². The Morgan fingerprint density at radius 1 is 1.55 bits per heavy atom. The first-order valence-electron chi connectivity index (χ1n) is 4.26. The molecule has 0 bridgehead atoms. The summed E-state index contributed by atoms with van der Waals surface area (Å²) in [6, 6.07) is 0. The van der Waals surface area contributed by atoms with Crippen molar-refractivity contribution in [3.63, 3.8) is 0 Å². The lowest BCUT2D eigenvalue weighted by Crippen LogP contribution is -2.29. The zero-order chi connectivity index (χ0) is 8.48. The van der Waals surface area contributed by atoms with Gasteiger partial charge in [-0.25, -0.2) is 0 Å². The van der Waals surface area contributed by atoms with E-state index in [1.807, 2.05) is 0 Å². The minimum atomic E-state index is 0.425. The van der Waals surface area contributed by atoms with E-state index < -0.39 is 0 Å². The van der Waals surface area contributed by atoms with Crippen LogP contribution >= 0.6 is 0 Å². The topological polar surface area (TPSA) is 32.6 Å². The molecule has 0 unspecified atom stereocenters. The van der Waals surface area contributed by atoms with Gasteiger partial charge in [-0.1, -0.05) is 25.9 Å². The Balaban J connectivity index is 2.62. The minimum absolute atomic E-state index is 0.425. The second-order valence-electron chi connectivity index (χ2n) is 4.26. The lowest BCUT2D eigenvalue weighted by atomic mass is 9.69. The molecule has 1 rings (SSSR count). The maximum absolute atomic E-state index is 8.57. The molecule has 0 aliphatic heterocycles. The van der Waals surface area contributed by atoms with E-state index in [0.717, 1.165) is 25.0 Å². The highest BCUT2D eigenvalue weighted by Gasteiger charge is 2.31. The van der Waals surface area contributed by atoms with Crippen LogP contribution in [0, 0.1) is 11.3 Å². The number of oxime groups is 1. The van der Waals surface area contributed by atoms with Crippen molar-refractivity contribution in [3.8, 4) is 0 Å². The van der Waals surface area contributed by atoms with Crippen LogP contribution in [0.1, 0.15) is 40.0 Å². The van der Waals surface area contributed by atoms with Gasteiger partial charge in [0.15, 0.2) is 0 Å². The van der Waals surface area contributed by atoms with Crippen molar-refractivity contribution in [2.75, 3.05) is 0 Å². The Labute approximate surface area is 68.3 Å². The molecule has 0 aromatic heterocycles. The molecule has 0 saturated heterocycles. The second kappa shape index (κ2) is 2.84. The molecule has 64 valence electrons. The van der Waals surface area contributed by atoms with Crippen LogP contribution in [0.5, 0.6) is 0 Å². The van der Waals surface area contributed by atoms with Gasteiger partial charge >= 0.3 is 0 Å². The molecule has 0 radical (unpaired) electrons. The van der Waals surface area contributed by atoms with Crippen LogP contribution in [-0.2, 0) is 0 Å². The summed E-state index contributed by atoms with van der Waals surface area (Å²) in [7, 11) is 0. The SMILES string of the molecule is C[C@H]1CC(=NO)CCC1(C)C. The molecule has 1 atom stereocenters. The summed E-state index contributed by atoms with van der Waals surface area (Å²) in [5.74, 6) is 0.641. The van der Waals surface area contributed by atoms with Gasteiger partial charge in [0, 0.05) is 0 Å². The van der Waals surface area contributed by atoms with Crippen molar-refractivity contribution in [1.29, 1.82) is 0 Å². The average molecular weight is 155 g/mol. The van der Waals surface area contributed by atoms with Crippen LogP contribution in [0.15, 0.2) is 5.16 Å². The zero-order valence-electron chi connectivity index (χ0n) is 7.59. The largest absolute Gasteiger partial charge is 0.411 e. The summed E-state index contributed by atoms with van der Waals surface area (Å²) in [5.41, 5.74) is 1.39. The molecule has 11 heavy (non-hydrogen) atoms. The second-order valence-corrected chi connectivity index (χ2v) is 4.26. The van der Waals surface area contributed by atoms with Gasteiger partial charge in [0.1, 0.15) is 0 Å². The van der Waals surface area contributed by atoms with Crippen LogP contribution in [0.25, 0.3) is 0 Å². The first kappa shape index (κ1) is 8.57. The molecule has 2 nitrogen and oxygen atoms in total. The highest BCUT2D eigenvalue weighted by Crippen LogP contribution is 2.38. The van der Waals surface area contributed by atoms with Crippen molar-refractivity contribution in [1.82, 2.24) is 0 Å². The molecule has 0 heterocycles. The van der Waals surface area contributed by atoms with Gasteiger partial charge in [0.2, 0.25) is 0 Å². The number of hydrogen-bond donors (Lipinski definition) is 1. The van der Waals surface area contributed by atoms with Crippen molar-refractivity contribution in [2.45, 2.75) is 40.0 Å². The molecule has 0 aromatic carbocycles. The Morgan fingerprint density at radius 3 is 2.64 bits per heavy atom. The molecule has 1 N–H and O–H groups in total. The molecular formula is C9H17NO. The highest BCUT2D eigenvalue weighted by molar-refractivity contribution is 5.84. The fourth-order valence-electron chi connectivity index (χ4n) is 1.54. The van der Waals surface area contributed by atoms with Gasteiger partial charge in [-0.15, -0.1) is 0 Å². The van der Waals surface area contributed by atoms with E-state index >= 15 is 0 Å². The predicted octanol–water partition coefficient (Wildman–Crippen LogP) is 2.66. The molecule has 1 saturated carbocycles. The van der Waals surface area contributed by atoms with Gasteiger partial charge in [-0.3, -0.25) is 0 Å². The smallest absolute Gasteiger partial charge is 0.0573 e. The lowest BCUT2D eigenvalue weighted by molar-refractivity contribution is 0.199. The molecule has 0 amide bonds. The summed E-state index contributed by atoms with van der Waals surface area (Å²) in [4.78, 5) is 0. The van der Waals surface area contributed by atoms with E-state index in [1.165, 1.54) is 0 Å². The number of hydrogen-bond acceptors (Lipinski definition) is 2. The molecular weight excluding hydrogens is 138 g/mol. The van der Waals surface area contributed by atoms with E-state index in [-0.39, 0.29) is 0 Å². The first-order valence-corrected chi connectivity index (χ1v) is 4.26. The van der Waals surface area contributed by atoms with Crippen molar-refractivity contribution in [2.24, 2.45) is 16.5 Å². The zero-order valence-corrected chi connectivity index (χ0v) is 7.59. The molecule has 1 aliphatic carbocycles. The number of rotatable bonds is 0. The van der Waals surface area contributed by atoms with Crippen LogP contribution < -0.4 is 0 Å². The summed E-state index contributed by atoms with van der Waals surface area (Å²) in [5, 5.41) is 11.8. The lowest BCUT2D eigenvalue weighted by Gasteiger charge is -2.36. The van der Waals surface area contributed by atoms with E-state index in [2.05, 4.69) is 25.9 Å². The van der Waals surface area contributed by atoms with Crippen LogP contribution in [-0.4, -0.2) is 10.9 Å². The first-order chi connectivity index (χ1) is 5.06.